The summed E-state index contributed by atoms with van der Waals surface area (Å²) in [7, 11) is 0. The molecule has 0 unspecified atom stereocenters. The molecule has 0 aliphatic heterocycles. The highest BCUT2D eigenvalue weighted by atomic mass is 79.9. The van der Waals surface area contributed by atoms with Gasteiger partial charge in [-0.3, -0.25) is 10.1 Å². The predicted octanol–water partition coefficient (Wildman–Crippen LogP) is 5.84. The van der Waals surface area contributed by atoms with Gasteiger partial charge in [0.1, 0.15) is 17.9 Å². The van der Waals surface area contributed by atoms with Crippen LogP contribution in [0.1, 0.15) is 31.9 Å². The van der Waals surface area contributed by atoms with Gasteiger partial charge >= 0.3 is 12.1 Å². The molecule has 8 heteroatoms. The smallest absolute Gasteiger partial charge is 0.411 e. The van der Waals surface area contributed by atoms with E-state index in [1.54, 1.807) is 45.2 Å². The number of rotatable bonds is 8. The number of halogens is 1. The van der Waals surface area contributed by atoms with Gasteiger partial charge in [-0.25, -0.2) is 4.79 Å². The van der Waals surface area contributed by atoms with Crippen LogP contribution < -0.4 is 10.1 Å². The van der Waals surface area contributed by atoms with E-state index in [1.165, 1.54) is 0 Å². The second-order valence-electron chi connectivity index (χ2n) is 7.09. The van der Waals surface area contributed by atoms with E-state index < -0.39 is 6.09 Å². The maximum absolute atomic E-state index is 12.0. The van der Waals surface area contributed by atoms with Crippen molar-refractivity contribution in [2.45, 2.75) is 39.9 Å². The molecule has 1 amide bonds. The van der Waals surface area contributed by atoms with Crippen LogP contribution in [0.4, 0.5) is 10.5 Å². The Morgan fingerprint density at radius 2 is 1.97 bits per heavy atom. The van der Waals surface area contributed by atoms with E-state index in [0.717, 1.165) is 21.0 Å². The van der Waals surface area contributed by atoms with Crippen LogP contribution in [0.5, 0.6) is 5.75 Å². The van der Waals surface area contributed by atoms with Gasteiger partial charge in [-0.1, -0.05) is 6.07 Å². The van der Waals surface area contributed by atoms with Crippen molar-refractivity contribution in [2.75, 3.05) is 11.9 Å². The highest BCUT2D eigenvalue weighted by Crippen LogP contribution is 2.29. The van der Waals surface area contributed by atoms with E-state index in [4.69, 9.17) is 18.6 Å². The van der Waals surface area contributed by atoms with Crippen LogP contribution >= 0.6 is 15.9 Å². The van der Waals surface area contributed by atoms with E-state index in [9.17, 15) is 9.59 Å². The van der Waals surface area contributed by atoms with Gasteiger partial charge in [0.05, 0.1) is 29.9 Å². The summed E-state index contributed by atoms with van der Waals surface area (Å²) in [6.45, 7) is 5.85. The first-order chi connectivity index (χ1) is 14.9. The van der Waals surface area contributed by atoms with Crippen molar-refractivity contribution >= 4 is 44.6 Å². The van der Waals surface area contributed by atoms with Crippen LogP contribution in [-0.2, 0) is 27.3 Å². The highest BCUT2D eigenvalue weighted by molar-refractivity contribution is 9.10. The van der Waals surface area contributed by atoms with Crippen LogP contribution in [0.15, 0.2) is 51.6 Å². The van der Waals surface area contributed by atoms with Gasteiger partial charge in [0, 0.05) is 22.7 Å². The monoisotopic (exact) mass is 489 g/mol. The molecule has 0 atom stereocenters. The zero-order valence-electron chi connectivity index (χ0n) is 17.6. The number of hydrogen-bond acceptors (Lipinski definition) is 6. The summed E-state index contributed by atoms with van der Waals surface area (Å²) in [4.78, 5) is 23.9. The lowest BCUT2D eigenvalue weighted by Gasteiger charge is -2.15. The minimum absolute atomic E-state index is 0.0599. The summed E-state index contributed by atoms with van der Waals surface area (Å²) in [6, 6.07) is 10.8. The Bertz CT molecular complexity index is 1080. The van der Waals surface area contributed by atoms with Gasteiger partial charge in [0.2, 0.25) is 0 Å². The third kappa shape index (κ3) is 6.24. The topological polar surface area (TPSA) is 87.0 Å². The molecule has 0 aliphatic rings. The molecule has 0 aliphatic carbocycles. The van der Waals surface area contributed by atoms with Crippen LogP contribution in [0, 0.1) is 0 Å². The number of nitrogens with one attached hydrogen (secondary N) is 1. The lowest BCUT2D eigenvalue weighted by atomic mass is 10.1. The largest absolute Gasteiger partial charge is 0.489 e. The Morgan fingerprint density at radius 3 is 2.71 bits per heavy atom. The molecule has 164 valence electrons. The van der Waals surface area contributed by atoms with Crippen molar-refractivity contribution < 1.29 is 28.2 Å². The number of furan rings is 1. The first kappa shape index (κ1) is 22.7. The van der Waals surface area contributed by atoms with Crippen LogP contribution in [0.3, 0.4) is 0 Å². The summed E-state index contributed by atoms with van der Waals surface area (Å²) in [6.07, 6.45) is 0.885. The third-order valence-corrected chi connectivity index (χ3v) is 4.85. The molecule has 3 rings (SSSR count). The Balaban J connectivity index is 1.81. The van der Waals surface area contributed by atoms with Crippen molar-refractivity contribution in [3.05, 3.63) is 58.3 Å². The summed E-state index contributed by atoms with van der Waals surface area (Å²) >= 11 is 3.50. The molecule has 0 radical (unpaired) electrons. The van der Waals surface area contributed by atoms with E-state index in [-0.39, 0.29) is 25.1 Å². The molecule has 0 spiro atoms. The molecule has 0 saturated carbocycles. The van der Waals surface area contributed by atoms with Crippen LogP contribution in [-0.4, -0.2) is 24.8 Å². The molecular formula is C23H24BrNO6. The fourth-order valence-corrected chi connectivity index (χ4v) is 3.60. The molecule has 7 nitrogen and oxygen atoms in total. The van der Waals surface area contributed by atoms with Crippen molar-refractivity contribution in [3.63, 3.8) is 0 Å². The van der Waals surface area contributed by atoms with Gasteiger partial charge in [-0.05, 0) is 66.5 Å². The van der Waals surface area contributed by atoms with E-state index in [2.05, 4.69) is 21.2 Å². The average molecular weight is 490 g/mol. The van der Waals surface area contributed by atoms with Crippen LogP contribution in [0.25, 0.3) is 11.0 Å². The van der Waals surface area contributed by atoms with E-state index >= 15 is 0 Å². The fourth-order valence-electron chi connectivity index (χ4n) is 2.98. The summed E-state index contributed by atoms with van der Waals surface area (Å²) in [5.41, 5.74) is 2.84. The lowest BCUT2D eigenvalue weighted by Crippen LogP contribution is -2.18. The van der Waals surface area contributed by atoms with Crippen molar-refractivity contribution in [3.8, 4) is 5.75 Å². The molecule has 1 aromatic heterocycles. The number of carbonyl (C=O) groups excluding carboxylic acids is 2. The van der Waals surface area contributed by atoms with Gasteiger partial charge in [0.15, 0.2) is 0 Å². The SMILES string of the molecule is CCOC(=O)Cc1ccc(NC(=O)OC(C)C)cc1OCc1cc(Br)c2occc2c1. The first-order valence-electron chi connectivity index (χ1n) is 9.90. The Kier molecular flexibility index (Phi) is 7.57. The molecule has 2 aromatic carbocycles. The maximum atomic E-state index is 12.0. The standard InChI is InChI=1S/C23H24BrNO6/c1-4-28-21(26)11-16-5-6-18(25-23(27)31-14(2)3)12-20(16)30-13-15-9-17-7-8-29-22(17)19(24)10-15/h5-10,12,14H,4,11,13H2,1-3H3,(H,25,27). The molecular weight excluding hydrogens is 466 g/mol. The Morgan fingerprint density at radius 1 is 1.16 bits per heavy atom. The summed E-state index contributed by atoms with van der Waals surface area (Å²) in [5, 5.41) is 3.62. The number of anilines is 1. The van der Waals surface area contributed by atoms with Gasteiger partial charge in [0.25, 0.3) is 0 Å². The lowest BCUT2D eigenvalue weighted by molar-refractivity contribution is -0.142. The number of benzene rings is 2. The molecule has 0 saturated heterocycles. The second kappa shape index (κ2) is 10.3. The molecule has 31 heavy (non-hydrogen) atoms. The second-order valence-corrected chi connectivity index (χ2v) is 7.94. The van der Waals surface area contributed by atoms with Gasteiger partial charge in [-0.2, -0.15) is 0 Å². The number of amides is 1. The Hall–Kier alpha value is -3.00. The summed E-state index contributed by atoms with van der Waals surface area (Å²) in [5.74, 6) is 0.119. The third-order valence-electron chi connectivity index (χ3n) is 4.26. The molecule has 1 heterocycles. The molecule has 0 bridgehead atoms. The van der Waals surface area contributed by atoms with Crippen molar-refractivity contribution in [2.24, 2.45) is 0 Å². The molecule has 3 aromatic rings. The summed E-state index contributed by atoms with van der Waals surface area (Å²) < 4.78 is 22.5. The van der Waals surface area contributed by atoms with Gasteiger partial charge < -0.3 is 18.6 Å². The normalized spacial score (nSPS) is 10.9. The van der Waals surface area contributed by atoms with E-state index in [0.29, 0.717) is 23.6 Å². The predicted molar refractivity (Wildman–Crippen MR) is 120 cm³/mol. The highest BCUT2D eigenvalue weighted by Gasteiger charge is 2.14. The number of esters is 1. The zero-order chi connectivity index (χ0) is 22.4. The fraction of sp³-hybridized carbons (Fsp3) is 0.304. The number of fused-ring (bicyclic) bond motifs is 1. The molecule has 1 N–H and O–H groups in total. The van der Waals surface area contributed by atoms with Crippen molar-refractivity contribution in [1.82, 2.24) is 0 Å². The van der Waals surface area contributed by atoms with Crippen LogP contribution in [0.2, 0.25) is 0 Å². The first-order valence-corrected chi connectivity index (χ1v) is 10.7. The number of carbonyl (C=O) groups is 2. The molecule has 0 fully saturated rings. The zero-order valence-corrected chi connectivity index (χ0v) is 19.2. The number of ether oxygens (including phenoxy) is 3. The maximum Gasteiger partial charge on any atom is 0.411 e. The van der Waals surface area contributed by atoms with Gasteiger partial charge in [-0.15, -0.1) is 0 Å². The van der Waals surface area contributed by atoms with E-state index in [1.807, 2.05) is 18.2 Å². The van der Waals surface area contributed by atoms with Crippen molar-refractivity contribution in [1.29, 1.82) is 0 Å². The quantitative estimate of drug-likeness (QED) is 0.400. The minimum Gasteiger partial charge on any atom is -0.489 e. The Labute approximate surface area is 188 Å². The minimum atomic E-state index is -0.562. The number of hydrogen-bond donors (Lipinski definition) is 1. The average Bonchev–Trinajstić information content (AvgIpc) is 3.17.